The molecule has 0 radical (unpaired) electrons. The molecule has 0 aliphatic rings. The average molecular weight is 208 g/mol. The molecule has 0 saturated carbocycles. The van der Waals surface area contributed by atoms with Gasteiger partial charge in [-0.1, -0.05) is 0 Å². The van der Waals surface area contributed by atoms with Crippen molar-refractivity contribution in [1.82, 2.24) is 9.97 Å². The van der Waals surface area contributed by atoms with Crippen molar-refractivity contribution in [2.45, 2.75) is 40.3 Å². The molecule has 0 aromatic carbocycles. The second-order valence-electron chi connectivity index (χ2n) is 3.86. The van der Waals surface area contributed by atoms with Gasteiger partial charge in [-0.25, -0.2) is 9.97 Å². The zero-order valence-corrected chi connectivity index (χ0v) is 9.99. The van der Waals surface area contributed by atoms with Gasteiger partial charge in [-0.3, -0.25) is 0 Å². The van der Waals surface area contributed by atoms with Crippen LogP contribution in [0.2, 0.25) is 0 Å². The van der Waals surface area contributed by atoms with E-state index in [1.807, 2.05) is 13.1 Å². The number of hydrogen-bond acceptors (Lipinski definition) is 4. The van der Waals surface area contributed by atoms with Crippen LogP contribution in [0.4, 0.5) is 5.95 Å². The van der Waals surface area contributed by atoms with E-state index in [9.17, 15) is 0 Å². The highest BCUT2D eigenvalue weighted by Gasteiger charge is 2.12. The molecule has 0 saturated heterocycles. The van der Waals surface area contributed by atoms with Crippen LogP contribution in [0.5, 0.6) is 0 Å². The Labute approximate surface area is 91.5 Å². The number of anilines is 1. The molecule has 0 fully saturated rings. The molecule has 2 N–H and O–H groups in total. The molecule has 0 atom stereocenters. The fraction of sp³-hybridized carbons (Fsp3) is 0.636. The van der Waals surface area contributed by atoms with Crippen LogP contribution in [-0.4, -0.2) is 22.6 Å². The van der Waals surface area contributed by atoms with Gasteiger partial charge < -0.3 is 10.6 Å². The minimum absolute atomic E-state index is 0.415. The molecule has 1 aromatic rings. The van der Waals surface area contributed by atoms with Gasteiger partial charge in [0.15, 0.2) is 0 Å². The number of aromatic nitrogens is 2. The molecule has 0 bridgehead atoms. The van der Waals surface area contributed by atoms with Crippen LogP contribution in [0.25, 0.3) is 0 Å². The van der Waals surface area contributed by atoms with Crippen LogP contribution in [0.1, 0.15) is 32.0 Å². The van der Waals surface area contributed by atoms with Crippen molar-refractivity contribution in [2.75, 3.05) is 11.4 Å². The van der Waals surface area contributed by atoms with Gasteiger partial charge in [-0.15, -0.1) is 0 Å². The number of aryl methyl sites for hydroxylation is 1. The van der Waals surface area contributed by atoms with E-state index >= 15 is 0 Å². The maximum atomic E-state index is 5.58. The second-order valence-corrected chi connectivity index (χ2v) is 3.86. The van der Waals surface area contributed by atoms with Crippen molar-refractivity contribution in [3.8, 4) is 0 Å². The molecule has 0 spiro atoms. The van der Waals surface area contributed by atoms with Crippen molar-refractivity contribution in [3.05, 3.63) is 17.5 Å². The smallest absolute Gasteiger partial charge is 0.225 e. The first-order valence-electron chi connectivity index (χ1n) is 5.39. The predicted octanol–water partition coefficient (Wildman–Crippen LogP) is 1.48. The Balaban J connectivity index is 3.00. The normalized spacial score (nSPS) is 10.8. The summed E-state index contributed by atoms with van der Waals surface area (Å²) in [5.74, 6) is 0.794. The van der Waals surface area contributed by atoms with E-state index in [4.69, 9.17) is 5.73 Å². The Kier molecular flexibility index (Phi) is 4.03. The first-order chi connectivity index (χ1) is 7.10. The van der Waals surface area contributed by atoms with Crippen molar-refractivity contribution >= 4 is 5.95 Å². The van der Waals surface area contributed by atoms with Gasteiger partial charge in [-0.2, -0.15) is 0 Å². The lowest BCUT2D eigenvalue weighted by atomic mass is 10.2. The maximum Gasteiger partial charge on any atom is 0.225 e. The number of hydrogen-bond donors (Lipinski definition) is 1. The largest absolute Gasteiger partial charge is 0.339 e. The Hall–Kier alpha value is -1.16. The van der Waals surface area contributed by atoms with E-state index in [0.717, 1.165) is 23.8 Å². The monoisotopic (exact) mass is 208 g/mol. The molecule has 0 aliphatic heterocycles. The number of rotatable bonds is 4. The predicted molar refractivity (Wildman–Crippen MR) is 62.8 cm³/mol. The average Bonchev–Trinajstić information content (AvgIpc) is 2.18. The first kappa shape index (κ1) is 11.9. The molecular formula is C11H20N4. The minimum Gasteiger partial charge on any atom is -0.339 e. The SMILES string of the molecule is CCN(c1ncc(CN)c(C)n1)C(C)C. The molecule has 4 nitrogen and oxygen atoms in total. The molecule has 84 valence electrons. The van der Waals surface area contributed by atoms with Crippen molar-refractivity contribution < 1.29 is 0 Å². The van der Waals surface area contributed by atoms with Crippen LogP contribution in [-0.2, 0) is 6.54 Å². The summed E-state index contributed by atoms with van der Waals surface area (Å²) in [6.45, 7) is 9.77. The van der Waals surface area contributed by atoms with Crippen LogP contribution in [0.15, 0.2) is 6.20 Å². The Morgan fingerprint density at radius 1 is 1.47 bits per heavy atom. The molecule has 1 rings (SSSR count). The van der Waals surface area contributed by atoms with Gasteiger partial charge in [0.25, 0.3) is 0 Å². The quantitative estimate of drug-likeness (QED) is 0.814. The molecule has 0 unspecified atom stereocenters. The van der Waals surface area contributed by atoms with Gasteiger partial charge in [0.2, 0.25) is 5.95 Å². The zero-order valence-electron chi connectivity index (χ0n) is 9.99. The molecular weight excluding hydrogens is 188 g/mol. The molecule has 1 heterocycles. The summed E-state index contributed by atoms with van der Waals surface area (Å²) in [6.07, 6.45) is 1.82. The van der Waals surface area contributed by atoms with E-state index in [0.29, 0.717) is 12.6 Å². The first-order valence-corrected chi connectivity index (χ1v) is 5.39. The topological polar surface area (TPSA) is 55.0 Å². The van der Waals surface area contributed by atoms with Crippen LogP contribution < -0.4 is 10.6 Å². The molecule has 0 aliphatic carbocycles. The number of nitrogens with two attached hydrogens (primary N) is 1. The van der Waals surface area contributed by atoms with Crippen LogP contribution in [0, 0.1) is 6.92 Å². The summed E-state index contributed by atoms with van der Waals surface area (Å²) in [5, 5.41) is 0. The third-order valence-corrected chi connectivity index (χ3v) is 2.51. The molecule has 0 amide bonds. The molecule has 15 heavy (non-hydrogen) atoms. The summed E-state index contributed by atoms with van der Waals surface area (Å²) in [7, 11) is 0. The van der Waals surface area contributed by atoms with Gasteiger partial charge >= 0.3 is 0 Å². The fourth-order valence-electron chi connectivity index (χ4n) is 1.56. The minimum atomic E-state index is 0.415. The Morgan fingerprint density at radius 2 is 2.13 bits per heavy atom. The zero-order chi connectivity index (χ0) is 11.4. The van der Waals surface area contributed by atoms with Crippen LogP contribution >= 0.6 is 0 Å². The van der Waals surface area contributed by atoms with Gasteiger partial charge in [0, 0.05) is 36.6 Å². The third kappa shape index (κ3) is 2.65. The fourth-order valence-corrected chi connectivity index (χ4v) is 1.56. The summed E-state index contributed by atoms with van der Waals surface area (Å²) in [6, 6.07) is 0.415. The Bertz CT molecular complexity index is 322. The highest BCUT2D eigenvalue weighted by molar-refractivity contribution is 5.33. The highest BCUT2D eigenvalue weighted by Crippen LogP contribution is 2.13. The third-order valence-electron chi connectivity index (χ3n) is 2.51. The molecule has 1 aromatic heterocycles. The molecule has 4 heteroatoms. The summed E-state index contributed by atoms with van der Waals surface area (Å²) in [5.41, 5.74) is 7.56. The highest BCUT2D eigenvalue weighted by atomic mass is 15.3. The summed E-state index contributed by atoms with van der Waals surface area (Å²) in [4.78, 5) is 11.0. The van der Waals surface area contributed by atoms with E-state index in [1.165, 1.54) is 0 Å². The maximum absolute atomic E-state index is 5.58. The van der Waals surface area contributed by atoms with E-state index in [-0.39, 0.29) is 0 Å². The lowest BCUT2D eigenvalue weighted by molar-refractivity contribution is 0.677. The summed E-state index contributed by atoms with van der Waals surface area (Å²) < 4.78 is 0. The Morgan fingerprint density at radius 3 is 2.53 bits per heavy atom. The second kappa shape index (κ2) is 5.07. The van der Waals surface area contributed by atoms with E-state index in [1.54, 1.807) is 0 Å². The van der Waals surface area contributed by atoms with E-state index < -0.39 is 0 Å². The van der Waals surface area contributed by atoms with Crippen molar-refractivity contribution in [1.29, 1.82) is 0 Å². The van der Waals surface area contributed by atoms with E-state index in [2.05, 4.69) is 35.6 Å². The van der Waals surface area contributed by atoms with Gasteiger partial charge in [0.05, 0.1) is 0 Å². The van der Waals surface area contributed by atoms with Crippen molar-refractivity contribution in [2.24, 2.45) is 5.73 Å². The number of nitrogens with zero attached hydrogens (tertiary/aromatic N) is 3. The van der Waals surface area contributed by atoms with Crippen LogP contribution in [0.3, 0.4) is 0 Å². The lowest BCUT2D eigenvalue weighted by Crippen LogP contribution is -2.32. The summed E-state index contributed by atoms with van der Waals surface area (Å²) >= 11 is 0. The van der Waals surface area contributed by atoms with Crippen molar-refractivity contribution in [3.63, 3.8) is 0 Å². The van der Waals surface area contributed by atoms with Gasteiger partial charge in [0.1, 0.15) is 0 Å². The van der Waals surface area contributed by atoms with Gasteiger partial charge in [-0.05, 0) is 27.7 Å². The lowest BCUT2D eigenvalue weighted by Gasteiger charge is -2.25. The standard InChI is InChI=1S/C11H20N4/c1-5-15(8(2)3)11-13-7-10(6-12)9(4)14-11/h7-8H,5-6,12H2,1-4H3.